The second-order valence-electron chi connectivity index (χ2n) is 5.01. The van der Waals surface area contributed by atoms with E-state index in [0.717, 1.165) is 30.5 Å². The molecule has 0 aromatic heterocycles. The van der Waals surface area contributed by atoms with E-state index >= 15 is 0 Å². The van der Waals surface area contributed by atoms with Gasteiger partial charge in [-0.2, -0.15) is 0 Å². The van der Waals surface area contributed by atoms with Crippen LogP contribution in [0, 0.1) is 17.8 Å². The van der Waals surface area contributed by atoms with E-state index in [4.69, 9.17) is 0 Å². The van der Waals surface area contributed by atoms with Crippen LogP contribution in [-0.4, -0.2) is 31.2 Å². The summed E-state index contributed by atoms with van der Waals surface area (Å²) in [6, 6.07) is 0.780. The van der Waals surface area contributed by atoms with E-state index in [0.29, 0.717) is 0 Å². The van der Waals surface area contributed by atoms with E-state index in [2.05, 4.69) is 36.2 Å². The number of allylic oxidation sites excluding steroid dienone is 1. The molecule has 2 aliphatic rings. The predicted molar refractivity (Wildman–Crippen MR) is 60.0 cm³/mol. The minimum atomic E-state index is 0.776. The minimum Gasteiger partial charge on any atom is -0.307 e. The van der Waals surface area contributed by atoms with Gasteiger partial charge in [-0.25, -0.2) is 0 Å². The van der Waals surface area contributed by atoms with Crippen molar-refractivity contribution < 1.29 is 0 Å². The Bertz CT molecular complexity index is 222. The van der Waals surface area contributed by atoms with Crippen molar-refractivity contribution in [2.75, 3.05) is 20.3 Å². The van der Waals surface area contributed by atoms with Crippen molar-refractivity contribution in [3.63, 3.8) is 0 Å². The van der Waals surface area contributed by atoms with Crippen LogP contribution in [-0.2, 0) is 0 Å². The summed E-state index contributed by atoms with van der Waals surface area (Å²) < 4.78 is 0. The summed E-state index contributed by atoms with van der Waals surface area (Å²) in [6.07, 6.45) is 6.10. The Labute approximate surface area is 87.4 Å². The van der Waals surface area contributed by atoms with Crippen molar-refractivity contribution in [2.24, 2.45) is 17.8 Å². The number of nitrogens with zero attached hydrogens (tertiary/aromatic N) is 1. The summed E-state index contributed by atoms with van der Waals surface area (Å²) >= 11 is 0. The second kappa shape index (κ2) is 4.03. The first-order chi connectivity index (χ1) is 6.74. The van der Waals surface area contributed by atoms with Gasteiger partial charge < -0.3 is 5.32 Å². The first kappa shape index (κ1) is 10.2. The van der Waals surface area contributed by atoms with Gasteiger partial charge in [0.2, 0.25) is 0 Å². The lowest BCUT2D eigenvalue weighted by atomic mass is 9.87. The molecule has 1 saturated heterocycles. The van der Waals surface area contributed by atoms with Gasteiger partial charge in [0.1, 0.15) is 0 Å². The summed E-state index contributed by atoms with van der Waals surface area (Å²) in [5.74, 6) is 2.50. The molecule has 1 aliphatic heterocycles. The fraction of sp³-hybridized carbons (Fsp3) is 0.833. The van der Waals surface area contributed by atoms with Crippen LogP contribution in [0.25, 0.3) is 0 Å². The molecule has 1 aliphatic carbocycles. The van der Waals surface area contributed by atoms with E-state index in [1.165, 1.54) is 13.0 Å². The molecule has 0 bridgehead atoms. The smallest absolute Gasteiger partial charge is 0.0481 e. The highest BCUT2D eigenvalue weighted by atomic mass is 15.3. The Hall–Kier alpha value is -0.340. The molecule has 80 valence electrons. The Morgan fingerprint density at radius 1 is 1.50 bits per heavy atom. The molecule has 1 heterocycles. The van der Waals surface area contributed by atoms with Gasteiger partial charge in [-0.05, 0) is 31.2 Å². The molecule has 0 radical (unpaired) electrons. The lowest BCUT2D eigenvalue weighted by Gasteiger charge is -2.30. The van der Waals surface area contributed by atoms with E-state index in [1.54, 1.807) is 0 Å². The Morgan fingerprint density at radius 2 is 2.29 bits per heavy atom. The second-order valence-corrected chi connectivity index (χ2v) is 5.01. The highest BCUT2D eigenvalue weighted by Gasteiger charge is 2.42. The van der Waals surface area contributed by atoms with Crippen molar-refractivity contribution in [1.29, 1.82) is 0 Å². The van der Waals surface area contributed by atoms with Crippen molar-refractivity contribution in [3.8, 4) is 0 Å². The SMILES string of the molecule is CNCN1CC2C=CCC2C1C(C)C. The molecule has 1 fully saturated rings. The van der Waals surface area contributed by atoms with Crippen LogP contribution in [0.1, 0.15) is 20.3 Å². The van der Waals surface area contributed by atoms with Crippen LogP contribution in [0.15, 0.2) is 12.2 Å². The quantitative estimate of drug-likeness (QED) is 0.688. The number of nitrogens with one attached hydrogen (secondary N) is 1. The molecule has 0 aromatic rings. The number of likely N-dealkylation sites (tertiary alicyclic amines) is 1. The van der Waals surface area contributed by atoms with Crippen LogP contribution >= 0.6 is 0 Å². The van der Waals surface area contributed by atoms with E-state index in [1.807, 2.05) is 7.05 Å². The highest BCUT2D eigenvalue weighted by molar-refractivity contribution is 5.10. The van der Waals surface area contributed by atoms with Gasteiger partial charge in [-0.1, -0.05) is 26.0 Å². The first-order valence-electron chi connectivity index (χ1n) is 5.79. The predicted octanol–water partition coefficient (Wildman–Crippen LogP) is 1.70. The average molecular weight is 194 g/mol. The normalized spacial score (nSPS) is 37.0. The zero-order valence-electron chi connectivity index (χ0n) is 9.53. The van der Waals surface area contributed by atoms with E-state index < -0.39 is 0 Å². The van der Waals surface area contributed by atoms with E-state index in [9.17, 15) is 0 Å². The first-order valence-corrected chi connectivity index (χ1v) is 5.79. The zero-order chi connectivity index (χ0) is 10.1. The molecule has 2 heteroatoms. The molecule has 14 heavy (non-hydrogen) atoms. The molecular formula is C12H22N2. The monoisotopic (exact) mass is 194 g/mol. The van der Waals surface area contributed by atoms with Gasteiger partial charge in [-0.15, -0.1) is 0 Å². The highest BCUT2D eigenvalue weighted by Crippen LogP contribution is 2.40. The van der Waals surface area contributed by atoms with Crippen LogP contribution in [0.5, 0.6) is 0 Å². The standard InChI is InChI=1S/C12H22N2/c1-9(2)12-11-6-4-5-10(11)7-14(12)8-13-3/h4-5,9-13H,6-8H2,1-3H3. The third-order valence-corrected chi connectivity index (χ3v) is 3.69. The van der Waals surface area contributed by atoms with Gasteiger partial charge in [0.05, 0.1) is 0 Å². The molecule has 1 N–H and O–H groups in total. The number of rotatable bonds is 3. The van der Waals surface area contributed by atoms with Gasteiger partial charge in [0.15, 0.2) is 0 Å². The van der Waals surface area contributed by atoms with Crippen LogP contribution < -0.4 is 5.32 Å². The topological polar surface area (TPSA) is 15.3 Å². The summed E-state index contributed by atoms with van der Waals surface area (Å²) in [5.41, 5.74) is 0. The Morgan fingerprint density at radius 3 is 2.93 bits per heavy atom. The molecule has 2 nitrogen and oxygen atoms in total. The van der Waals surface area contributed by atoms with Gasteiger partial charge in [-0.3, -0.25) is 4.90 Å². The Balaban J connectivity index is 2.08. The van der Waals surface area contributed by atoms with Crippen molar-refractivity contribution in [1.82, 2.24) is 10.2 Å². The molecule has 0 spiro atoms. The maximum absolute atomic E-state index is 3.29. The third-order valence-electron chi connectivity index (χ3n) is 3.69. The third kappa shape index (κ3) is 1.61. The molecule has 0 aromatic carbocycles. The summed E-state index contributed by atoms with van der Waals surface area (Å²) in [7, 11) is 2.04. The lowest BCUT2D eigenvalue weighted by molar-refractivity contribution is 0.168. The molecular weight excluding hydrogens is 172 g/mol. The Kier molecular flexibility index (Phi) is 2.93. The maximum Gasteiger partial charge on any atom is 0.0481 e. The molecule has 0 saturated carbocycles. The van der Waals surface area contributed by atoms with Crippen molar-refractivity contribution in [3.05, 3.63) is 12.2 Å². The number of hydrogen-bond donors (Lipinski definition) is 1. The van der Waals surface area contributed by atoms with Crippen LogP contribution in [0.4, 0.5) is 0 Å². The maximum atomic E-state index is 3.29. The largest absolute Gasteiger partial charge is 0.307 e. The number of fused-ring (bicyclic) bond motifs is 1. The molecule has 2 rings (SSSR count). The fourth-order valence-electron chi connectivity index (χ4n) is 3.27. The molecule has 3 atom stereocenters. The van der Waals surface area contributed by atoms with Gasteiger partial charge in [0.25, 0.3) is 0 Å². The minimum absolute atomic E-state index is 0.776. The van der Waals surface area contributed by atoms with Crippen LogP contribution in [0.2, 0.25) is 0 Å². The van der Waals surface area contributed by atoms with Crippen LogP contribution in [0.3, 0.4) is 0 Å². The summed E-state index contributed by atoms with van der Waals surface area (Å²) in [6.45, 7) is 7.01. The van der Waals surface area contributed by atoms with Crippen molar-refractivity contribution in [2.45, 2.75) is 26.3 Å². The van der Waals surface area contributed by atoms with Gasteiger partial charge >= 0.3 is 0 Å². The number of hydrogen-bond acceptors (Lipinski definition) is 2. The summed E-state index contributed by atoms with van der Waals surface area (Å²) in [4.78, 5) is 2.61. The van der Waals surface area contributed by atoms with E-state index in [-0.39, 0.29) is 0 Å². The fourth-order valence-corrected chi connectivity index (χ4v) is 3.27. The molecule has 3 unspecified atom stereocenters. The lowest BCUT2D eigenvalue weighted by Crippen LogP contribution is -2.41. The zero-order valence-corrected chi connectivity index (χ0v) is 9.53. The summed E-state index contributed by atoms with van der Waals surface area (Å²) in [5, 5.41) is 3.29. The molecule has 0 amide bonds. The average Bonchev–Trinajstić information content (AvgIpc) is 2.62. The van der Waals surface area contributed by atoms with Crippen molar-refractivity contribution >= 4 is 0 Å². The van der Waals surface area contributed by atoms with Gasteiger partial charge in [0, 0.05) is 19.3 Å².